The molecule has 2 aromatic rings. The molecule has 4 unspecified atom stereocenters. The van der Waals surface area contributed by atoms with Crippen LogP contribution in [0.5, 0.6) is 6.01 Å². The minimum atomic E-state index is -0.518. The zero-order chi connectivity index (χ0) is 24.7. The van der Waals surface area contributed by atoms with Crippen LogP contribution in [0.2, 0.25) is 0 Å². The van der Waals surface area contributed by atoms with Crippen LogP contribution in [0.1, 0.15) is 74.3 Å². The summed E-state index contributed by atoms with van der Waals surface area (Å²) in [6, 6.07) is 10.2. The summed E-state index contributed by atoms with van der Waals surface area (Å²) in [4.78, 5) is 14.4. The molecular formula is C30H41FN4O. The quantitative estimate of drug-likeness (QED) is 0.570. The molecule has 0 saturated carbocycles. The van der Waals surface area contributed by atoms with Gasteiger partial charge in [-0.2, -0.15) is 9.97 Å². The van der Waals surface area contributed by atoms with Gasteiger partial charge in [0.15, 0.2) is 0 Å². The topological polar surface area (TPSA) is 41.5 Å². The number of aryl methyl sites for hydroxylation is 1. The SMILES string of the molecule is COc1nc2c(c(N3CCCC(C)C3)n1)CCC1(CCc3ccccc31)C2.FC1CC2CCCN2C1. The van der Waals surface area contributed by atoms with Gasteiger partial charge in [0, 0.05) is 36.7 Å². The maximum absolute atomic E-state index is 12.6. The summed E-state index contributed by atoms with van der Waals surface area (Å²) in [5.41, 5.74) is 5.95. The summed E-state index contributed by atoms with van der Waals surface area (Å²) in [7, 11) is 1.69. The Morgan fingerprint density at radius 3 is 2.69 bits per heavy atom. The number of rotatable bonds is 2. The maximum atomic E-state index is 12.6. The van der Waals surface area contributed by atoms with E-state index in [0.717, 1.165) is 50.6 Å². The van der Waals surface area contributed by atoms with Crippen LogP contribution < -0.4 is 9.64 Å². The summed E-state index contributed by atoms with van der Waals surface area (Å²) >= 11 is 0. The first-order chi connectivity index (χ1) is 17.5. The van der Waals surface area contributed by atoms with Crippen molar-refractivity contribution in [1.29, 1.82) is 0 Å². The lowest BCUT2D eigenvalue weighted by Crippen LogP contribution is -2.38. The van der Waals surface area contributed by atoms with E-state index in [9.17, 15) is 4.39 Å². The van der Waals surface area contributed by atoms with E-state index in [-0.39, 0.29) is 5.41 Å². The van der Waals surface area contributed by atoms with Crippen LogP contribution in [-0.2, 0) is 24.7 Å². The third kappa shape index (κ3) is 4.51. The molecule has 4 atom stereocenters. The van der Waals surface area contributed by atoms with Crippen molar-refractivity contribution in [2.75, 3.05) is 38.2 Å². The van der Waals surface area contributed by atoms with E-state index in [4.69, 9.17) is 14.7 Å². The molecule has 0 amide bonds. The highest BCUT2D eigenvalue weighted by molar-refractivity contribution is 5.54. The highest BCUT2D eigenvalue weighted by Gasteiger charge is 2.43. The number of halogens is 1. The number of aromatic nitrogens is 2. The molecule has 3 aliphatic heterocycles. The van der Waals surface area contributed by atoms with Crippen molar-refractivity contribution >= 4 is 5.82 Å². The van der Waals surface area contributed by atoms with E-state index < -0.39 is 6.17 Å². The number of methoxy groups -OCH3 is 1. The number of hydrogen-bond acceptors (Lipinski definition) is 5. The summed E-state index contributed by atoms with van der Waals surface area (Å²) < 4.78 is 18.1. The van der Waals surface area contributed by atoms with Gasteiger partial charge in [0.25, 0.3) is 0 Å². The number of anilines is 1. The average molecular weight is 493 g/mol. The van der Waals surface area contributed by atoms with Crippen molar-refractivity contribution in [1.82, 2.24) is 14.9 Å². The Balaban J connectivity index is 0.000000223. The number of fused-ring (bicyclic) bond motifs is 4. The van der Waals surface area contributed by atoms with Crippen LogP contribution >= 0.6 is 0 Å². The normalized spacial score (nSPS) is 31.0. The zero-order valence-electron chi connectivity index (χ0n) is 22.0. The molecule has 3 fully saturated rings. The predicted octanol–water partition coefficient (Wildman–Crippen LogP) is 5.29. The van der Waals surface area contributed by atoms with Crippen molar-refractivity contribution in [3.63, 3.8) is 0 Å². The minimum absolute atomic E-state index is 0.259. The van der Waals surface area contributed by atoms with Gasteiger partial charge in [0.05, 0.1) is 12.8 Å². The Hall–Kier alpha value is -2.21. The van der Waals surface area contributed by atoms with Gasteiger partial charge in [-0.1, -0.05) is 31.2 Å². The van der Waals surface area contributed by atoms with Crippen LogP contribution in [0, 0.1) is 5.92 Å². The third-order valence-corrected chi connectivity index (χ3v) is 9.47. The van der Waals surface area contributed by atoms with Crippen molar-refractivity contribution < 1.29 is 9.13 Å². The molecule has 0 N–H and O–H groups in total. The molecule has 2 aliphatic carbocycles. The maximum Gasteiger partial charge on any atom is 0.318 e. The molecule has 194 valence electrons. The first-order valence-corrected chi connectivity index (χ1v) is 14.2. The molecule has 5 aliphatic rings. The lowest BCUT2D eigenvalue weighted by atomic mass is 9.69. The fourth-order valence-electron chi connectivity index (χ4n) is 7.64. The Labute approximate surface area is 215 Å². The van der Waals surface area contributed by atoms with E-state index in [1.54, 1.807) is 12.7 Å². The summed E-state index contributed by atoms with van der Waals surface area (Å²) in [5.74, 6) is 1.87. The predicted molar refractivity (Wildman–Crippen MR) is 142 cm³/mol. The fraction of sp³-hybridized carbons (Fsp3) is 0.667. The van der Waals surface area contributed by atoms with Gasteiger partial charge in [-0.05, 0) is 87.8 Å². The second-order valence-corrected chi connectivity index (χ2v) is 11.9. The molecule has 1 aromatic heterocycles. The molecule has 1 spiro atoms. The number of piperidine rings is 1. The Morgan fingerprint density at radius 2 is 1.86 bits per heavy atom. The number of nitrogens with zero attached hydrogens (tertiary/aromatic N) is 4. The van der Waals surface area contributed by atoms with Crippen LogP contribution in [0.4, 0.5) is 10.2 Å². The van der Waals surface area contributed by atoms with E-state index in [1.807, 2.05) is 0 Å². The Morgan fingerprint density at radius 1 is 1.03 bits per heavy atom. The van der Waals surface area contributed by atoms with Crippen LogP contribution in [-0.4, -0.2) is 60.4 Å². The fourth-order valence-corrected chi connectivity index (χ4v) is 7.64. The first kappa shape index (κ1) is 24.1. The molecule has 36 heavy (non-hydrogen) atoms. The highest BCUT2D eigenvalue weighted by atomic mass is 19.1. The van der Waals surface area contributed by atoms with Gasteiger partial charge >= 0.3 is 6.01 Å². The number of benzene rings is 1. The van der Waals surface area contributed by atoms with E-state index in [2.05, 4.69) is 41.0 Å². The molecular weight excluding hydrogens is 451 g/mol. The molecule has 7 rings (SSSR count). The third-order valence-electron chi connectivity index (χ3n) is 9.47. The Bertz CT molecular complexity index is 1080. The number of alkyl halides is 1. The van der Waals surface area contributed by atoms with E-state index in [0.29, 0.717) is 18.6 Å². The summed E-state index contributed by atoms with van der Waals surface area (Å²) in [6.07, 6.45) is 11.1. The summed E-state index contributed by atoms with van der Waals surface area (Å²) in [6.45, 7) is 6.41. The molecule has 6 heteroatoms. The molecule has 4 heterocycles. The number of hydrogen-bond donors (Lipinski definition) is 0. The number of ether oxygens (including phenoxy) is 1. The van der Waals surface area contributed by atoms with Crippen LogP contribution in [0.25, 0.3) is 0 Å². The van der Waals surface area contributed by atoms with Crippen LogP contribution in [0.3, 0.4) is 0 Å². The second kappa shape index (κ2) is 9.92. The smallest absolute Gasteiger partial charge is 0.318 e. The van der Waals surface area contributed by atoms with Crippen molar-refractivity contribution in [3.8, 4) is 6.01 Å². The molecule has 0 bridgehead atoms. The average Bonchev–Trinajstić information content (AvgIpc) is 3.58. The molecule has 5 nitrogen and oxygen atoms in total. The molecule has 0 radical (unpaired) electrons. The monoisotopic (exact) mass is 492 g/mol. The minimum Gasteiger partial charge on any atom is -0.467 e. The highest BCUT2D eigenvalue weighted by Crippen LogP contribution is 2.48. The first-order valence-electron chi connectivity index (χ1n) is 14.2. The lowest BCUT2D eigenvalue weighted by Gasteiger charge is -2.38. The van der Waals surface area contributed by atoms with Gasteiger partial charge in [-0.15, -0.1) is 0 Å². The standard InChI is InChI=1S/C23H29N3O.C7H12FN/c1-16-6-5-13-26(15-16)21-18-10-12-23(14-20(18)24-22(25-21)27-2)11-9-17-7-3-4-8-19(17)23;8-6-4-7-2-1-3-9(7)5-6/h3-4,7-8,16H,5-6,9-15H2,1-2H3;6-7H,1-5H2. The lowest BCUT2D eigenvalue weighted by molar-refractivity contribution is 0.292. The van der Waals surface area contributed by atoms with Gasteiger partial charge in [-0.3, -0.25) is 4.90 Å². The van der Waals surface area contributed by atoms with E-state index >= 15 is 0 Å². The van der Waals surface area contributed by atoms with E-state index in [1.165, 1.54) is 61.8 Å². The molecule has 1 aromatic carbocycles. The van der Waals surface area contributed by atoms with Crippen LogP contribution in [0.15, 0.2) is 24.3 Å². The van der Waals surface area contributed by atoms with Gasteiger partial charge in [0.1, 0.15) is 12.0 Å². The van der Waals surface area contributed by atoms with Gasteiger partial charge in [0.2, 0.25) is 0 Å². The van der Waals surface area contributed by atoms with Crippen molar-refractivity contribution in [2.45, 2.75) is 88.8 Å². The van der Waals surface area contributed by atoms with Gasteiger partial charge < -0.3 is 9.64 Å². The van der Waals surface area contributed by atoms with Gasteiger partial charge in [-0.25, -0.2) is 4.39 Å². The second-order valence-electron chi connectivity index (χ2n) is 11.9. The Kier molecular flexibility index (Phi) is 6.65. The summed E-state index contributed by atoms with van der Waals surface area (Å²) in [5, 5.41) is 0. The largest absolute Gasteiger partial charge is 0.467 e. The molecule has 3 saturated heterocycles. The zero-order valence-corrected chi connectivity index (χ0v) is 22.0. The van der Waals surface area contributed by atoms with Crippen molar-refractivity contribution in [3.05, 3.63) is 46.6 Å². The van der Waals surface area contributed by atoms with Crippen molar-refractivity contribution in [2.24, 2.45) is 5.92 Å².